The van der Waals surface area contributed by atoms with Crippen molar-refractivity contribution in [2.75, 3.05) is 17.2 Å². The van der Waals surface area contributed by atoms with E-state index in [1.54, 1.807) is 0 Å². The molecular weight excluding hydrogens is 258 g/mol. The number of pyridine rings is 1. The molecule has 21 heavy (non-hydrogen) atoms. The lowest BCUT2D eigenvalue weighted by Gasteiger charge is -2.45. The number of piperidine rings is 1. The molecule has 3 heteroatoms. The number of benzene rings is 1. The first kappa shape index (κ1) is 12.9. The van der Waals surface area contributed by atoms with Gasteiger partial charge >= 0.3 is 0 Å². The Hall–Kier alpha value is -1.77. The molecule has 1 aliphatic heterocycles. The topological polar surface area (TPSA) is 42.1 Å². The first-order valence-corrected chi connectivity index (χ1v) is 8.24. The van der Waals surface area contributed by atoms with Crippen molar-refractivity contribution in [3.8, 4) is 0 Å². The van der Waals surface area contributed by atoms with E-state index >= 15 is 0 Å². The van der Waals surface area contributed by atoms with Gasteiger partial charge in [0.1, 0.15) is 0 Å². The van der Waals surface area contributed by atoms with Crippen LogP contribution in [0.25, 0.3) is 10.9 Å². The minimum Gasteiger partial charge on any atom is -0.396 e. The van der Waals surface area contributed by atoms with Gasteiger partial charge in [0, 0.05) is 24.2 Å². The van der Waals surface area contributed by atoms with Crippen molar-refractivity contribution in [2.45, 2.75) is 44.6 Å². The number of anilines is 2. The molecule has 2 atom stereocenters. The van der Waals surface area contributed by atoms with Crippen LogP contribution in [0.3, 0.4) is 0 Å². The first-order valence-electron chi connectivity index (χ1n) is 8.24. The van der Waals surface area contributed by atoms with Gasteiger partial charge in [-0.2, -0.15) is 0 Å². The van der Waals surface area contributed by atoms with Gasteiger partial charge in [-0.3, -0.25) is 4.98 Å². The van der Waals surface area contributed by atoms with Crippen molar-refractivity contribution in [1.29, 1.82) is 0 Å². The Labute approximate surface area is 126 Å². The molecule has 1 aromatic carbocycles. The van der Waals surface area contributed by atoms with E-state index in [0.717, 1.165) is 29.1 Å². The molecule has 2 N–H and O–H groups in total. The van der Waals surface area contributed by atoms with E-state index in [1.165, 1.54) is 44.2 Å². The lowest BCUT2D eigenvalue weighted by atomic mass is 9.78. The summed E-state index contributed by atoms with van der Waals surface area (Å²) in [6.07, 6.45) is 10.0. The van der Waals surface area contributed by atoms with E-state index in [9.17, 15) is 0 Å². The molecule has 2 heterocycles. The highest BCUT2D eigenvalue weighted by Crippen LogP contribution is 2.40. The quantitative estimate of drug-likeness (QED) is 0.804. The van der Waals surface area contributed by atoms with Crippen molar-refractivity contribution in [3.05, 3.63) is 30.5 Å². The van der Waals surface area contributed by atoms with Gasteiger partial charge in [0.2, 0.25) is 0 Å². The van der Waals surface area contributed by atoms with Crippen molar-refractivity contribution in [3.63, 3.8) is 0 Å². The van der Waals surface area contributed by atoms with E-state index in [2.05, 4.69) is 28.1 Å². The Morgan fingerprint density at radius 2 is 1.90 bits per heavy atom. The average molecular weight is 281 g/mol. The van der Waals surface area contributed by atoms with Crippen LogP contribution in [0.4, 0.5) is 11.4 Å². The summed E-state index contributed by atoms with van der Waals surface area (Å²) < 4.78 is 0. The van der Waals surface area contributed by atoms with Gasteiger partial charge in [0.05, 0.1) is 16.9 Å². The van der Waals surface area contributed by atoms with Gasteiger partial charge in [-0.05, 0) is 55.9 Å². The lowest BCUT2D eigenvalue weighted by molar-refractivity contribution is 0.244. The second-order valence-corrected chi connectivity index (χ2v) is 6.52. The molecule has 1 aromatic heterocycles. The zero-order valence-electron chi connectivity index (χ0n) is 12.5. The molecule has 2 aromatic rings. The van der Waals surface area contributed by atoms with Crippen molar-refractivity contribution in [2.24, 2.45) is 5.92 Å². The standard InChI is InChI=1S/C18H23N3/c19-18-14-7-3-11-20-15(14)9-10-17(18)21-12-4-6-13-5-1-2-8-16(13)21/h3,7,9-11,13,16H,1-2,4-6,8,12,19H2/t13-,16-/m1/s1. The van der Waals surface area contributed by atoms with Crippen molar-refractivity contribution in [1.82, 2.24) is 4.98 Å². The molecule has 4 rings (SSSR count). The van der Waals surface area contributed by atoms with Gasteiger partial charge in [-0.25, -0.2) is 0 Å². The largest absolute Gasteiger partial charge is 0.396 e. The van der Waals surface area contributed by atoms with Gasteiger partial charge < -0.3 is 10.6 Å². The Kier molecular flexibility index (Phi) is 3.21. The van der Waals surface area contributed by atoms with E-state index in [-0.39, 0.29) is 0 Å². The van der Waals surface area contributed by atoms with E-state index in [0.29, 0.717) is 6.04 Å². The Bertz CT molecular complexity index is 650. The van der Waals surface area contributed by atoms with Gasteiger partial charge in [0.25, 0.3) is 0 Å². The molecule has 1 saturated heterocycles. The molecule has 3 nitrogen and oxygen atoms in total. The SMILES string of the molecule is Nc1c(N2CCC[C@H]3CCCC[C@H]32)ccc2ncccc12. The van der Waals surface area contributed by atoms with Crippen LogP contribution in [0.1, 0.15) is 38.5 Å². The molecule has 0 bridgehead atoms. The zero-order chi connectivity index (χ0) is 14.2. The highest BCUT2D eigenvalue weighted by atomic mass is 15.2. The van der Waals surface area contributed by atoms with Crippen LogP contribution < -0.4 is 10.6 Å². The van der Waals surface area contributed by atoms with E-state index < -0.39 is 0 Å². The summed E-state index contributed by atoms with van der Waals surface area (Å²) in [5.41, 5.74) is 9.62. The molecule has 2 fully saturated rings. The molecule has 0 unspecified atom stereocenters. The maximum absolute atomic E-state index is 6.49. The molecule has 0 radical (unpaired) electrons. The van der Waals surface area contributed by atoms with Crippen LogP contribution >= 0.6 is 0 Å². The summed E-state index contributed by atoms with van der Waals surface area (Å²) in [4.78, 5) is 7.00. The van der Waals surface area contributed by atoms with Crippen LogP contribution in [0.15, 0.2) is 30.5 Å². The number of fused-ring (bicyclic) bond motifs is 2. The predicted octanol–water partition coefficient (Wildman–Crippen LogP) is 3.98. The van der Waals surface area contributed by atoms with Crippen LogP contribution in [-0.2, 0) is 0 Å². The van der Waals surface area contributed by atoms with Crippen molar-refractivity contribution >= 4 is 22.3 Å². The summed E-state index contributed by atoms with van der Waals surface area (Å²) in [7, 11) is 0. The Morgan fingerprint density at radius 1 is 1.05 bits per heavy atom. The molecule has 110 valence electrons. The summed E-state index contributed by atoms with van der Waals surface area (Å²) in [5, 5.41) is 1.09. The number of aromatic nitrogens is 1. The highest BCUT2D eigenvalue weighted by molar-refractivity contribution is 5.97. The molecule has 1 saturated carbocycles. The fourth-order valence-electron chi connectivity index (χ4n) is 4.34. The van der Waals surface area contributed by atoms with Gasteiger partial charge in [-0.1, -0.05) is 12.8 Å². The third-order valence-electron chi connectivity index (χ3n) is 5.36. The van der Waals surface area contributed by atoms with Crippen molar-refractivity contribution < 1.29 is 0 Å². The van der Waals surface area contributed by atoms with Gasteiger partial charge in [-0.15, -0.1) is 0 Å². The molecule has 0 spiro atoms. The smallest absolute Gasteiger partial charge is 0.0724 e. The first-order chi connectivity index (χ1) is 10.3. The summed E-state index contributed by atoms with van der Waals surface area (Å²) in [5.74, 6) is 0.872. The fourth-order valence-corrected chi connectivity index (χ4v) is 4.34. The van der Waals surface area contributed by atoms with E-state index in [1.807, 2.05) is 12.3 Å². The average Bonchev–Trinajstić information content (AvgIpc) is 2.55. The second kappa shape index (κ2) is 5.21. The predicted molar refractivity (Wildman–Crippen MR) is 88.5 cm³/mol. The minimum atomic E-state index is 0.698. The van der Waals surface area contributed by atoms with Crippen LogP contribution in [0.5, 0.6) is 0 Å². The molecule has 1 aliphatic carbocycles. The van der Waals surface area contributed by atoms with Gasteiger partial charge in [0.15, 0.2) is 0 Å². The molecule has 2 aliphatic rings. The summed E-state index contributed by atoms with van der Waals surface area (Å²) in [6, 6.07) is 9.06. The number of hydrogen-bond acceptors (Lipinski definition) is 3. The molecular formula is C18H23N3. The number of nitrogen functional groups attached to an aromatic ring is 1. The number of hydrogen-bond donors (Lipinski definition) is 1. The zero-order valence-corrected chi connectivity index (χ0v) is 12.5. The van der Waals surface area contributed by atoms with Crippen LogP contribution in [0, 0.1) is 5.92 Å². The maximum Gasteiger partial charge on any atom is 0.0724 e. The number of nitrogens with two attached hydrogens (primary N) is 1. The minimum absolute atomic E-state index is 0.698. The normalized spacial score (nSPS) is 25.8. The molecule has 0 amide bonds. The Balaban J connectivity index is 1.76. The van der Waals surface area contributed by atoms with Crippen LogP contribution in [-0.4, -0.2) is 17.6 Å². The second-order valence-electron chi connectivity index (χ2n) is 6.52. The fraction of sp³-hybridized carbons (Fsp3) is 0.500. The third kappa shape index (κ3) is 2.15. The summed E-state index contributed by atoms with van der Waals surface area (Å²) in [6.45, 7) is 1.15. The third-order valence-corrected chi connectivity index (χ3v) is 5.36. The summed E-state index contributed by atoms with van der Waals surface area (Å²) >= 11 is 0. The van der Waals surface area contributed by atoms with E-state index in [4.69, 9.17) is 5.73 Å². The number of rotatable bonds is 1. The lowest BCUT2D eigenvalue weighted by Crippen LogP contribution is -2.47. The monoisotopic (exact) mass is 281 g/mol. The number of nitrogens with zero attached hydrogens (tertiary/aromatic N) is 2. The maximum atomic E-state index is 6.49. The van der Waals surface area contributed by atoms with Crippen LogP contribution in [0.2, 0.25) is 0 Å². The highest BCUT2D eigenvalue weighted by Gasteiger charge is 2.34. The Morgan fingerprint density at radius 3 is 2.86 bits per heavy atom.